The summed E-state index contributed by atoms with van der Waals surface area (Å²) in [6.45, 7) is 0.963. The molecule has 0 amide bonds. The molecule has 0 atom stereocenters. The van der Waals surface area contributed by atoms with Gasteiger partial charge in [-0.25, -0.2) is 8.78 Å². The first-order valence-corrected chi connectivity index (χ1v) is 5.15. The Morgan fingerprint density at radius 3 is 2.29 bits per heavy atom. The monoisotopic (exact) mass is 205 g/mol. The molecule has 2 nitrogen and oxygen atoms in total. The van der Waals surface area contributed by atoms with Gasteiger partial charge in [-0.1, -0.05) is 0 Å². The molecule has 0 spiro atoms. The van der Waals surface area contributed by atoms with E-state index in [9.17, 15) is 8.78 Å². The summed E-state index contributed by atoms with van der Waals surface area (Å²) < 4.78 is 25.2. The number of aliphatic hydroxyl groups excluding tert-OH is 1. The van der Waals surface area contributed by atoms with Gasteiger partial charge in [0.05, 0.1) is 0 Å². The van der Waals surface area contributed by atoms with Crippen molar-refractivity contribution in [3.63, 3.8) is 0 Å². The first-order valence-electron chi connectivity index (χ1n) is 5.15. The van der Waals surface area contributed by atoms with Crippen molar-refractivity contribution in [2.45, 2.75) is 37.6 Å². The van der Waals surface area contributed by atoms with Gasteiger partial charge in [-0.3, -0.25) is 0 Å². The highest BCUT2D eigenvalue weighted by Gasteiger charge is 2.50. The SMILES string of the molecule is CN(CC1(CO)CC1)C1CC(F)(F)C1. The van der Waals surface area contributed by atoms with Crippen LogP contribution in [-0.4, -0.2) is 42.2 Å². The third-order valence-corrected chi connectivity index (χ3v) is 3.57. The van der Waals surface area contributed by atoms with Gasteiger partial charge in [-0.15, -0.1) is 0 Å². The van der Waals surface area contributed by atoms with Crippen LogP contribution in [0.1, 0.15) is 25.7 Å². The fraction of sp³-hybridized carbons (Fsp3) is 1.00. The topological polar surface area (TPSA) is 23.5 Å². The Bertz CT molecular complexity index is 220. The molecule has 0 unspecified atom stereocenters. The average Bonchev–Trinajstić information content (AvgIpc) is 2.81. The fourth-order valence-corrected chi connectivity index (χ4v) is 2.14. The van der Waals surface area contributed by atoms with Crippen molar-refractivity contribution in [1.82, 2.24) is 4.90 Å². The number of aliphatic hydroxyl groups is 1. The van der Waals surface area contributed by atoms with E-state index in [-0.39, 0.29) is 30.9 Å². The zero-order valence-corrected chi connectivity index (χ0v) is 8.47. The van der Waals surface area contributed by atoms with E-state index in [4.69, 9.17) is 5.11 Å². The minimum atomic E-state index is -2.44. The Balaban J connectivity index is 1.77. The van der Waals surface area contributed by atoms with Crippen LogP contribution in [0.2, 0.25) is 0 Å². The molecule has 0 radical (unpaired) electrons. The lowest BCUT2D eigenvalue weighted by Gasteiger charge is -2.42. The Morgan fingerprint density at radius 1 is 1.36 bits per heavy atom. The van der Waals surface area contributed by atoms with Gasteiger partial charge in [0.25, 0.3) is 5.92 Å². The summed E-state index contributed by atoms with van der Waals surface area (Å²) in [5.74, 6) is -2.44. The summed E-state index contributed by atoms with van der Waals surface area (Å²) in [7, 11) is 1.88. The Hall–Kier alpha value is -0.220. The maximum atomic E-state index is 12.6. The normalized spacial score (nSPS) is 28.9. The summed E-state index contributed by atoms with van der Waals surface area (Å²) in [6, 6.07) is 0.0222. The maximum absolute atomic E-state index is 12.6. The maximum Gasteiger partial charge on any atom is 0.251 e. The Labute approximate surface area is 82.9 Å². The van der Waals surface area contributed by atoms with Crippen molar-refractivity contribution in [3.05, 3.63) is 0 Å². The van der Waals surface area contributed by atoms with Gasteiger partial charge in [0.2, 0.25) is 0 Å². The standard InChI is InChI=1S/C10H17F2NO/c1-13(6-9(7-14)2-3-9)8-4-10(11,12)5-8/h8,14H,2-7H2,1H3. The molecule has 0 heterocycles. The highest BCUT2D eigenvalue weighted by atomic mass is 19.3. The summed E-state index contributed by atoms with van der Waals surface area (Å²) in [5.41, 5.74) is 0.0413. The third kappa shape index (κ3) is 1.91. The molecule has 2 rings (SSSR count). The van der Waals surface area contributed by atoms with E-state index in [0.29, 0.717) is 0 Å². The Morgan fingerprint density at radius 2 is 1.93 bits per heavy atom. The van der Waals surface area contributed by atoms with Crippen molar-refractivity contribution < 1.29 is 13.9 Å². The van der Waals surface area contributed by atoms with Crippen LogP contribution in [0.5, 0.6) is 0 Å². The van der Waals surface area contributed by atoms with Crippen molar-refractivity contribution >= 4 is 0 Å². The largest absolute Gasteiger partial charge is 0.396 e. The molecule has 2 saturated carbocycles. The van der Waals surface area contributed by atoms with Crippen molar-refractivity contribution in [3.8, 4) is 0 Å². The fourth-order valence-electron chi connectivity index (χ4n) is 2.14. The minimum absolute atomic E-state index is 0.00892. The highest BCUT2D eigenvalue weighted by Crippen LogP contribution is 2.47. The van der Waals surface area contributed by atoms with E-state index in [0.717, 1.165) is 19.4 Å². The summed E-state index contributed by atoms with van der Waals surface area (Å²) in [5, 5.41) is 9.11. The summed E-state index contributed by atoms with van der Waals surface area (Å²) in [6.07, 6.45) is 2.06. The second-order valence-corrected chi connectivity index (χ2v) is 4.99. The molecule has 0 saturated heterocycles. The zero-order chi connectivity index (χ0) is 10.4. The van der Waals surface area contributed by atoms with Crippen LogP contribution in [0.3, 0.4) is 0 Å². The number of nitrogens with zero attached hydrogens (tertiary/aromatic N) is 1. The minimum Gasteiger partial charge on any atom is -0.396 e. The summed E-state index contributed by atoms with van der Waals surface area (Å²) in [4.78, 5) is 1.99. The lowest BCUT2D eigenvalue weighted by Crippen LogP contribution is -2.50. The molecule has 14 heavy (non-hydrogen) atoms. The molecule has 4 heteroatoms. The van der Waals surface area contributed by atoms with Crippen LogP contribution in [0.4, 0.5) is 8.78 Å². The van der Waals surface area contributed by atoms with Crippen LogP contribution < -0.4 is 0 Å². The number of halogens is 2. The number of hydrogen-bond acceptors (Lipinski definition) is 2. The number of alkyl halides is 2. The molecule has 0 aliphatic heterocycles. The predicted molar refractivity (Wildman–Crippen MR) is 49.4 cm³/mol. The second kappa shape index (κ2) is 3.14. The Kier molecular flexibility index (Phi) is 2.31. The second-order valence-electron chi connectivity index (χ2n) is 4.99. The van der Waals surface area contributed by atoms with Gasteiger partial charge in [0.1, 0.15) is 0 Å². The van der Waals surface area contributed by atoms with Crippen molar-refractivity contribution in [2.24, 2.45) is 5.41 Å². The average molecular weight is 205 g/mol. The quantitative estimate of drug-likeness (QED) is 0.751. The van der Waals surface area contributed by atoms with E-state index < -0.39 is 5.92 Å². The molecular formula is C10H17F2NO. The van der Waals surface area contributed by atoms with E-state index in [1.54, 1.807) is 0 Å². The molecule has 2 aliphatic rings. The molecule has 82 valence electrons. The van der Waals surface area contributed by atoms with Gasteiger partial charge in [0.15, 0.2) is 0 Å². The lowest BCUT2D eigenvalue weighted by atomic mass is 9.86. The molecule has 0 aromatic rings. The van der Waals surface area contributed by atoms with Crippen LogP contribution in [-0.2, 0) is 0 Å². The van der Waals surface area contributed by atoms with E-state index in [1.807, 2.05) is 11.9 Å². The van der Waals surface area contributed by atoms with Crippen molar-refractivity contribution in [1.29, 1.82) is 0 Å². The first-order chi connectivity index (χ1) is 6.46. The lowest BCUT2D eigenvalue weighted by molar-refractivity contribution is -0.122. The number of hydrogen-bond donors (Lipinski definition) is 1. The third-order valence-electron chi connectivity index (χ3n) is 3.57. The van der Waals surface area contributed by atoms with Crippen LogP contribution in [0.25, 0.3) is 0 Å². The molecule has 0 aromatic heterocycles. The van der Waals surface area contributed by atoms with Gasteiger partial charge in [0, 0.05) is 37.5 Å². The van der Waals surface area contributed by atoms with Crippen LogP contribution >= 0.6 is 0 Å². The van der Waals surface area contributed by atoms with Gasteiger partial charge in [-0.05, 0) is 19.9 Å². The van der Waals surface area contributed by atoms with Gasteiger partial charge < -0.3 is 10.0 Å². The molecule has 2 fully saturated rings. The van der Waals surface area contributed by atoms with Crippen LogP contribution in [0.15, 0.2) is 0 Å². The highest BCUT2D eigenvalue weighted by molar-refractivity contribution is 4.99. The van der Waals surface area contributed by atoms with E-state index >= 15 is 0 Å². The van der Waals surface area contributed by atoms with E-state index in [1.165, 1.54) is 0 Å². The summed E-state index contributed by atoms with van der Waals surface area (Å²) >= 11 is 0. The molecule has 0 aromatic carbocycles. The molecule has 2 aliphatic carbocycles. The molecule has 0 bridgehead atoms. The van der Waals surface area contributed by atoms with Gasteiger partial charge >= 0.3 is 0 Å². The first kappa shape index (κ1) is 10.3. The number of rotatable bonds is 4. The van der Waals surface area contributed by atoms with Gasteiger partial charge in [-0.2, -0.15) is 0 Å². The predicted octanol–water partition coefficient (Wildman–Crippen LogP) is 1.49. The smallest absolute Gasteiger partial charge is 0.251 e. The zero-order valence-electron chi connectivity index (χ0n) is 8.47. The van der Waals surface area contributed by atoms with Crippen molar-refractivity contribution in [2.75, 3.05) is 20.2 Å². The molecular weight excluding hydrogens is 188 g/mol. The molecule has 1 N–H and O–H groups in total. The van der Waals surface area contributed by atoms with E-state index in [2.05, 4.69) is 0 Å². The van der Waals surface area contributed by atoms with Crippen LogP contribution in [0, 0.1) is 5.41 Å².